The fourth-order valence-electron chi connectivity index (χ4n) is 3.52. The lowest BCUT2D eigenvalue weighted by molar-refractivity contribution is 0.313. The van der Waals surface area contributed by atoms with E-state index >= 15 is 0 Å². The number of benzene rings is 1. The van der Waals surface area contributed by atoms with Crippen molar-refractivity contribution in [3.63, 3.8) is 0 Å². The molecular formula is C19H26N6. The number of piperazine rings is 1. The number of fused-ring (bicyclic) bond motifs is 3. The van der Waals surface area contributed by atoms with E-state index in [9.17, 15) is 0 Å². The van der Waals surface area contributed by atoms with Crippen LogP contribution in [0.25, 0.3) is 21.8 Å². The van der Waals surface area contributed by atoms with E-state index in [1.54, 1.807) is 0 Å². The monoisotopic (exact) mass is 338 g/mol. The predicted molar refractivity (Wildman–Crippen MR) is 104 cm³/mol. The van der Waals surface area contributed by atoms with Crippen LogP contribution in [-0.4, -0.2) is 52.9 Å². The number of likely N-dealkylation sites (N-methyl/N-ethyl adjacent to an activating group) is 1. The normalized spacial score (nSPS) is 16.2. The van der Waals surface area contributed by atoms with Gasteiger partial charge in [-0.15, -0.1) is 0 Å². The number of nitrogen functional groups attached to an aromatic ring is 1. The van der Waals surface area contributed by atoms with Gasteiger partial charge in [0.2, 0.25) is 0 Å². The van der Waals surface area contributed by atoms with Gasteiger partial charge in [-0.1, -0.05) is 13.3 Å². The Kier molecular flexibility index (Phi) is 4.21. The zero-order valence-electron chi connectivity index (χ0n) is 15.1. The lowest BCUT2D eigenvalue weighted by Gasteiger charge is -2.34. The molecule has 0 unspecified atom stereocenters. The number of aryl methyl sites for hydroxylation is 1. The van der Waals surface area contributed by atoms with Crippen LogP contribution in [0.15, 0.2) is 24.4 Å². The molecule has 1 fully saturated rings. The van der Waals surface area contributed by atoms with E-state index in [2.05, 4.69) is 58.2 Å². The summed E-state index contributed by atoms with van der Waals surface area (Å²) < 4.78 is 2.01. The Morgan fingerprint density at radius 1 is 1.12 bits per heavy atom. The molecule has 1 aliphatic heterocycles. The number of aromatic nitrogens is 3. The number of pyridine rings is 1. The largest absolute Gasteiger partial charge is 0.382 e. The molecule has 3 heterocycles. The zero-order chi connectivity index (χ0) is 17.4. The van der Waals surface area contributed by atoms with Crippen molar-refractivity contribution in [2.45, 2.75) is 26.3 Å². The SMILES string of the molecule is CCCCn1cc2c(n1)c(N)nc1ccc(N3CCN(C)CC3)cc12. The third-order valence-electron chi connectivity index (χ3n) is 5.12. The van der Waals surface area contributed by atoms with Crippen molar-refractivity contribution in [1.29, 1.82) is 0 Å². The topological polar surface area (TPSA) is 63.2 Å². The van der Waals surface area contributed by atoms with Crippen LogP contribution >= 0.6 is 0 Å². The van der Waals surface area contributed by atoms with Crippen molar-refractivity contribution in [1.82, 2.24) is 19.7 Å². The second kappa shape index (κ2) is 6.52. The van der Waals surface area contributed by atoms with E-state index < -0.39 is 0 Å². The van der Waals surface area contributed by atoms with Gasteiger partial charge >= 0.3 is 0 Å². The highest BCUT2D eigenvalue weighted by Crippen LogP contribution is 2.30. The Morgan fingerprint density at radius 2 is 1.92 bits per heavy atom. The Balaban J connectivity index is 1.78. The van der Waals surface area contributed by atoms with Gasteiger partial charge in [-0.05, 0) is 31.7 Å². The number of nitrogens with two attached hydrogens (primary N) is 1. The van der Waals surface area contributed by atoms with Crippen molar-refractivity contribution >= 4 is 33.3 Å². The van der Waals surface area contributed by atoms with Gasteiger partial charge < -0.3 is 15.5 Å². The van der Waals surface area contributed by atoms with Gasteiger partial charge in [-0.3, -0.25) is 4.68 Å². The summed E-state index contributed by atoms with van der Waals surface area (Å²) in [5, 5.41) is 6.91. The fraction of sp³-hybridized carbons (Fsp3) is 0.474. The number of nitrogens with zero attached hydrogens (tertiary/aromatic N) is 5. The first-order chi connectivity index (χ1) is 12.2. The molecule has 4 rings (SSSR count). The molecule has 2 N–H and O–H groups in total. The molecule has 0 amide bonds. The first-order valence-corrected chi connectivity index (χ1v) is 9.15. The smallest absolute Gasteiger partial charge is 0.152 e. The van der Waals surface area contributed by atoms with Crippen LogP contribution in [0.1, 0.15) is 19.8 Å². The lowest BCUT2D eigenvalue weighted by Crippen LogP contribution is -2.44. The van der Waals surface area contributed by atoms with Crippen LogP contribution < -0.4 is 10.6 Å². The third kappa shape index (κ3) is 3.02. The van der Waals surface area contributed by atoms with Crippen LogP contribution in [0.5, 0.6) is 0 Å². The van der Waals surface area contributed by atoms with Gasteiger partial charge in [0.25, 0.3) is 0 Å². The van der Waals surface area contributed by atoms with E-state index in [4.69, 9.17) is 5.73 Å². The van der Waals surface area contributed by atoms with E-state index in [0.29, 0.717) is 5.82 Å². The molecule has 0 spiro atoms. The number of anilines is 2. The average molecular weight is 338 g/mol. The number of hydrogen-bond acceptors (Lipinski definition) is 5. The average Bonchev–Trinajstić information content (AvgIpc) is 3.06. The van der Waals surface area contributed by atoms with Crippen molar-refractivity contribution in [2.75, 3.05) is 43.9 Å². The lowest BCUT2D eigenvalue weighted by atomic mass is 10.1. The molecule has 6 heteroatoms. The summed E-state index contributed by atoms with van der Waals surface area (Å²) in [6.07, 6.45) is 4.39. The summed E-state index contributed by atoms with van der Waals surface area (Å²) in [5.41, 5.74) is 9.18. The van der Waals surface area contributed by atoms with E-state index in [1.165, 1.54) is 5.69 Å². The standard InChI is InChI=1S/C19H26N6/c1-3-4-7-25-13-16-15-12-14(24-10-8-23(2)9-11-24)5-6-17(15)21-19(20)18(16)22-25/h5-6,12-13H,3-4,7-11H2,1-2H3,(H2,20,21). The molecule has 2 aromatic heterocycles. The van der Waals surface area contributed by atoms with Crippen LogP contribution in [0.2, 0.25) is 0 Å². The summed E-state index contributed by atoms with van der Waals surface area (Å²) in [6.45, 7) is 7.43. The molecule has 132 valence electrons. The van der Waals surface area contributed by atoms with Crippen molar-refractivity contribution in [3.05, 3.63) is 24.4 Å². The maximum Gasteiger partial charge on any atom is 0.152 e. The van der Waals surface area contributed by atoms with E-state index in [1.807, 2.05) is 4.68 Å². The Hall–Kier alpha value is -2.34. The Labute approximate surface area is 148 Å². The van der Waals surface area contributed by atoms with E-state index in [0.717, 1.165) is 67.4 Å². The summed E-state index contributed by atoms with van der Waals surface area (Å²) in [4.78, 5) is 9.39. The summed E-state index contributed by atoms with van der Waals surface area (Å²) in [7, 11) is 2.18. The molecule has 0 radical (unpaired) electrons. The highest BCUT2D eigenvalue weighted by Gasteiger charge is 2.16. The van der Waals surface area contributed by atoms with Crippen LogP contribution in [0.3, 0.4) is 0 Å². The first kappa shape index (κ1) is 16.1. The predicted octanol–water partition coefficient (Wildman–Crippen LogP) is 2.72. The third-order valence-corrected chi connectivity index (χ3v) is 5.12. The van der Waals surface area contributed by atoms with Crippen LogP contribution in [-0.2, 0) is 6.54 Å². The highest BCUT2D eigenvalue weighted by molar-refractivity contribution is 6.08. The minimum atomic E-state index is 0.519. The second-order valence-corrected chi connectivity index (χ2v) is 7.00. The van der Waals surface area contributed by atoms with Gasteiger partial charge in [0.15, 0.2) is 5.82 Å². The van der Waals surface area contributed by atoms with Crippen LogP contribution in [0, 0.1) is 0 Å². The summed E-state index contributed by atoms with van der Waals surface area (Å²) in [5.74, 6) is 0.519. The van der Waals surface area contributed by atoms with Gasteiger partial charge in [0.1, 0.15) is 5.52 Å². The maximum atomic E-state index is 6.16. The fourth-order valence-corrected chi connectivity index (χ4v) is 3.52. The minimum absolute atomic E-state index is 0.519. The number of hydrogen-bond donors (Lipinski definition) is 1. The molecule has 0 saturated carbocycles. The molecule has 1 saturated heterocycles. The Morgan fingerprint density at radius 3 is 2.68 bits per heavy atom. The quantitative estimate of drug-likeness (QED) is 0.792. The van der Waals surface area contributed by atoms with Gasteiger partial charge in [0, 0.05) is 55.4 Å². The molecule has 1 aliphatic rings. The van der Waals surface area contributed by atoms with E-state index in [-0.39, 0.29) is 0 Å². The highest BCUT2D eigenvalue weighted by atomic mass is 15.3. The van der Waals surface area contributed by atoms with Crippen LogP contribution in [0.4, 0.5) is 11.5 Å². The molecule has 0 aliphatic carbocycles. The summed E-state index contributed by atoms with van der Waals surface area (Å²) in [6, 6.07) is 6.50. The van der Waals surface area contributed by atoms with Gasteiger partial charge in [0.05, 0.1) is 5.52 Å². The number of unbranched alkanes of at least 4 members (excludes halogenated alkanes) is 1. The Bertz CT molecular complexity index is 892. The minimum Gasteiger partial charge on any atom is -0.382 e. The molecule has 1 aromatic carbocycles. The molecule has 3 aromatic rings. The summed E-state index contributed by atoms with van der Waals surface area (Å²) >= 11 is 0. The van der Waals surface area contributed by atoms with Gasteiger partial charge in [-0.2, -0.15) is 5.10 Å². The molecule has 0 bridgehead atoms. The van der Waals surface area contributed by atoms with Gasteiger partial charge in [-0.25, -0.2) is 4.98 Å². The van der Waals surface area contributed by atoms with Crippen molar-refractivity contribution in [2.24, 2.45) is 0 Å². The first-order valence-electron chi connectivity index (χ1n) is 9.15. The molecule has 0 atom stereocenters. The molecule has 25 heavy (non-hydrogen) atoms. The molecule has 6 nitrogen and oxygen atoms in total. The number of rotatable bonds is 4. The van der Waals surface area contributed by atoms with Crippen molar-refractivity contribution in [3.8, 4) is 0 Å². The molecular weight excluding hydrogens is 312 g/mol. The second-order valence-electron chi connectivity index (χ2n) is 7.00. The zero-order valence-corrected chi connectivity index (χ0v) is 15.1. The maximum absolute atomic E-state index is 6.16. The van der Waals surface area contributed by atoms with Crippen molar-refractivity contribution < 1.29 is 0 Å².